The normalized spacial score (nSPS) is 16.5. The van der Waals surface area contributed by atoms with Crippen molar-refractivity contribution in [2.24, 2.45) is 5.41 Å². The number of halogens is 1. The minimum absolute atomic E-state index is 0.155. The number of rotatable bonds is 3. The Labute approximate surface area is 156 Å². The Hall–Kier alpha value is -2.60. The number of carbonyl (C=O) groups is 2. The molecule has 2 amide bonds. The third-order valence-electron chi connectivity index (χ3n) is 4.38. The van der Waals surface area contributed by atoms with Gasteiger partial charge in [-0.3, -0.25) is 4.79 Å². The maximum Gasteiger partial charge on any atom is 0.414 e. The first-order chi connectivity index (χ1) is 12.2. The van der Waals surface area contributed by atoms with Gasteiger partial charge in [0.1, 0.15) is 5.15 Å². The molecule has 0 saturated heterocycles. The molecule has 1 atom stereocenters. The summed E-state index contributed by atoms with van der Waals surface area (Å²) in [5, 5.41) is 12.9. The molecule has 26 heavy (non-hydrogen) atoms. The van der Waals surface area contributed by atoms with Gasteiger partial charge in [0.15, 0.2) is 0 Å². The van der Waals surface area contributed by atoms with E-state index in [1.807, 2.05) is 51.1 Å². The monoisotopic (exact) mass is 373 g/mol. The van der Waals surface area contributed by atoms with Gasteiger partial charge in [0, 0.05) is 12.1 Å². The summed E-state index contributed by atoms with van der Waals surface area (Å²) in [6, 6.07) is 9.00. The second-order valence-electron chi connectivity index (χ2n) is 7.32. The van der Waals surface area contributed by atoms with Crippen molar-refractivity contribution in [3.8, 4) is 0 Å². The summed E-state index contributed by atoms with van der Waals surface area (Å²) in [5.41, 5.74) is 1.73. The second kappa shape index (κ2) is 6.61. The summed E-state index contributed by atoms with van der Waals surface area (Å²) in [6.45, 7) is 6.10. The van der Waals surface area contributed by atoms with Crippen LogP contribution >= 0.6 is 11.6 Å². The van der Waals surface area contributed by atoms with Crippen LogP contribution in [0.4, 0.5) is 10.5 Å². The van der Waals surface area contributed by atoms with E-state index in [1.54, 1.807) is 0 Å². The van der Waals surface area contributed by atoms with Gasteiger partial charge >= 0.3 is 6.09 Å². The van der Waals surface area contributed by atoms with Gasteiger partial charge in [-0.05, 0) is 11.0 Å². The second-order valence-corrected chi connectivity index (χ2v) is 7.67. The SMILES string of the molecule is CC(C)(C)C1c2c(Cl)ncc(NCc3ccccc3)c2C(=O)N1C(=O)O. The van der Waals surface area contributed by atoms with Crippen LogP contribution in [0.25, 0.3) is 0 Å². The third-order valence-corrected chi connectivity index (χ3v) is 4.69. The molecule has 3 rings (SSSR count). The van der Waals surface area contributed by atoms with E-state index in [4.69, 9.17) is 11.6 Å². The average molecular weight is 374 g/mol. The van der Waals surface area contributed by atoms with Gasteiger partial charge in [-0.2, -0.15) is 0 Å². The van der Waals surface area contributed by atoms with Crippen LogP contribution in [-0.4, -0.2) is 27.0 Å². The highest BCUT2D eigenvalue weighted by atomic mass is 35.5. The number of imide groups is 1. The number of nitrogens with one attached hydrogen (secondary N) is 1. The summed E-state index contributed by atoms with van der Waals surface area (Å²) in [7, 11) is 0. The number of benzene rings is 1. The number of carbonyl (C=O) groups excluding carboxylic acids is 1. The van der Waals surface area contributed by atoms with E-state index in [0.29, 0.717) is 17.8 Å². The van der Waals surface area contributed by atoms with Gasteiger partial charge in [0.05, 0.1) is 23.5 Å². The molecule has 2 N–H and O–H groups in total. The van der Waals surface area contributed by atoms with Crippen molar-refractivity contribution in [2.45, 2.75) is 33.4 Å². The maximum absolute atomic E-state index is 12.9. The summed E-state index contributed by atoms with van der Waals surface area (Å²) < 4.78 is 0. The highest BCUT2D eigenvalue weighted by molar-refractivity contribution is 6.31. The number of nitrogens with zero attached hydrogens (tertiary/aromatic N) is 2. The molecule has 0 aliphatic carbocycles. The quantitative estimate of drug-likeness (QED) is 0.770. The number of aromatic nitrogens is 1. The first kappa shape index (κ1) is 18.2. The van der Waals surface area contributed by atoms with Crippen molar-refractivity contribution in [3.05, 3.63) is 58.4 Å². The van der Waals surface area contributed by atoms with Crippen molar-refractivity contribution in [1.29, 1.82) is 0 Å². The molecule has 1 aliphatic rings. The van der Waals surface area contributed by atoms with Gasteiger partial charge in [0.25, 0.3) is 5.91 Å². The van der Waals surface area contributed by atoms with Gasteiger partial charge in [-0.15, -0.1) is 0 Å². The van der Waals surface area contributed by atoms with Gasteiger partial charge in [-0.25, -0.2) is 14.7 Å². The molecule has 1 aromatic heterocycles. The fraction of sp³-hybridized carbons (Fsp3) is 0.316. The molecule has 6 nitrogen and oxygen atoms in total. The predicted octanol–water partition coefficient (Wildman–Crippen LogP) is 4.57. The minimum Gasteiger partial charge on any atom is -0.465 e. The van der Waals surface area contributed by atoms with Crippen molar-refractivity contribution in [2.75, 3.05) is 5.32 Å². The molecule has 136 valence electrons. The molecule has 1 unspecified atom stereocenters. The van der Waals surface area contributed by atoms with Gasteiger partial charge < -0.3 is 10.4 Å². The molecular weight excluding hydrogens is 354 g/mol. The van der Waals surface area contributed by atoms with Crippen molar-refractivity contribution < 1.29 is 14.7 Å². The molecule has 1 aliphatic heterocycles. The van der Waals surface area contributed by atoms with E-state index in [2.05, 4.69) is 10.3 Å². The standard InChI is InChI=1S/C19H20ClN3O3/c1-19(2,3)15-14-13(17(24)23(15)18(25)26)12(10-22-16(14)20)21-9-11-7-5-4-6-8-11/h4-8,10,15,21H,9H2,1-3H3,(H,25,26). The molecule has 2 aromatic rings. The lowest BCUT2D eigenvalue weighted by molar-refractivity contribution is 0.0584. The molecule has 0 fully saturated rings. The lowest BCUT2D eigenvalue weighted by Gasteiger charge is -2.32. The van der Waals surface area contributed by atoms with Crippen LogP contribution in [0, 0.1) is 5.41 Å². The molecule has 1 aromatic carbocycles. The van der Waals surface area contributed by atoms with Crippen LogP contribution in [0.5, 0.6) is 0 Å². The van der Waals surface area contributed by atoms with Crippen LogP contribution in [0.1, 0.15) is 48.3 Å². The van der Waals surface area contributed by atoms with Gasteiger partial charge in [0.2, 0.25) is 0 Å². The Bertz CT molecular complexity index is 862. The highest BCUT2D eigenvalue weighted by Gasteiger charge is 2.49. The summed E-state index contributed by atoms with van der Waals surface area (Å²) in [6.07, 6.45) is 0.184. The van der Waals surface area contributed by atoms with Crippen molar-refractivity contribution in [1.82, 2.24) is 9.88 Å². The third kappa shape index (κ3) is 3.12. The van der Waals surface area contributed by atoms with Gasteiger partial charge in [-0.1, -0.05) is 62.7 Å². The zero-order valence-corrected chi connectivity index (χ0v) is 15.5. The number of hydrogen-bond donors (Lipinski definition) is 2. The Balaban J connectivity index is 2.06. The van der Waals surface area contributed by atoms with Crippen LogP contribution in [0.3, 0.4) is 0 Å². The summed E-state index contributed by atoms with van der Waals surface area (Å²) in [5.74, 6) is -0.577. The molecule has 2 heterocycles. The highest BCUT2D eigenvalue weighted by Crippen LogP contribution is 2.49. The lowest BCUT2D eigenvalue weighted by Crippen LogP contribution is -2.39. The Morgan fingerprint density at radius 2 is 1.96 bits per heavy atom. The fourth-order valence-electron chi connectivity index (χ4n) is 3.30. The summed E-state index contributed by atoms with van der Waals surface area (Å²) in [4.78, 5) is 29.7. The van der Waals surface area contributed by atoms with Crippen LogP contribution in [0.2, 0.25) is 5.15 Å². The van der Waals surface area contributed by atoms with E-state index >= 15 is 0 Å². The topological polar surface area (TPSA) is 82.5 Å². The lowest BCUT2D eigenvalue weighted by atomic mass is 9.83. The number of pyridine rings is 1. The first-order valence-electron chi connectivity index (χ1n) is 8.24. The molecule has 0 saturated carbocycles. The van der Waals surface area contributed by atoms with Crippen molar-refractivity contribution in [3.63, 3.8) is 0 Å². The summed E-state index contributed by atoms with van der Waals surface area (Å²) >= 11 is 6.28. The van der Waals surface area contributed by atoms with Crippen LogP contribution in [-0.2, 0) is 6.54 Å². The van der Waals surface area contributed by atoms with E-state index in [1.165, 1.54) is 6.20 Å². The Morgan fingerprint density at radius 1 is 1.31 bits per heavy atom. The number of amides is 2. The van der Waals surface area contributed by atoms with E-state index in [-0.39, 0.29) is 10.7 Å². The number of anilines is 1. The Morgan fingerprint density at radius 3 is 2.54 bits per heavy atom. The zero-order chi connectivity index (χ0) is 19.1. The smallest absolute Gasteiger partial charge is 0.414 e. The van der Waals surface area contributed by atoms with Crippen LogP contribution < -0.4 is 5.32 Å². The van der Waals surface area contributed by atoms with Crippen molar-refractivity contribution >= 4 is 29.3 Å². The predicted molar refractivity (Wildman–Crippen MR) is 99.4 cm³/mol. The fourth-order valence-corrected chi connectivity index (χ4v) is 3.54. The number of hydrogen-bond acceptors (Lipinski definition) is 4. The average Bonchev–Trinajstić information content (AvgIpc) is 2.90. The molecule has 0 radical (unpaired) electrons. The molecule has 7 heteroatoms. The number of fused-ring (bicyclic) bond motifs is 1. The van der Waals surface area contributed by atoms with E-state index in [0.717, 1.165) is 10.5 Å². The molecule has 0 bridgehead atoms. The first-order valence-corrected chi connectivity index (χ1v) is 8.62. The maximum atomic E-state index is 12.9. The Kier molecular flexibility index (Phi) is 4.63. The van der Waals surface area contributed by atoms with E-state index < -0.39 is 23.5 Å². The zero-order valence-electron chi connectivity index (χ0n) is 14.8. The number of carboxylic acid groups (broad SMARTS) is 1. The van der Waals surface area contributed by atoms with Crippen LogP contribution in [0.15, 0.2) is 36.5 Å². The largest absolute Gasteiger partial charge is 0.465 e. The molecular formula is C19H20ClN3O3. The minimum atomic E-state index is -1.30. The van der Waals surface area contributed by atoms with E-state index in [9.17, 15) is 14.7 Å². The molecule has 0 spiro atoms.